The highest BCUT2D eigenvalue weighted by atomic mass is 16.5. The fraction of sp³-hybridized carbons (Fsp3) is 0.120. The molecule has 0 amide bonds. The second-order valence-corrected chi connectivity index (χ2v) is 7.25. The molecule has 136 valence electrons. The zero-order chi connectivity index (χ0) is 18.8. The van der Waals surface area contributed by atoms with E-state index in [2.05, 4.69) is 58.5 Å². The van der Waals surface area contributed by atoms with Gasteiger partial charge >= 0.3 is 0 Å². The van der Waals surface area contributed by atoms with Crippen molar-refractivity contribution >= 4 is 0 Å². The third-order valence-corrected chi connectivity index (χ3v) is 5.48. The van der Waals surface area contributed by atoms with Crippen LogP contribution >= 0.6 is 0 Å². The van der Waals surface area contributed by atoms with Gasteiger partial charge in [-0.25, -0.2) is 0 Å². The van der Waals surface area contributed by atoms with E-state index in [9.17, 15) is 0 Å². The van der Waals surface area contributed by atoms with Gasteiger partial charge in [-0.15, -0.1) is 0 Å². The average molecular weight is 364 g/mol. The Morgan fingerprint density at radius 3 is 1.57 bits per heavy atom. The summed E-state index contributed by atoms with van der Waals surface area (Å²) in [5.41, 5.74) is 4.58. The highest BCUT2D eigenvalue weighted by molar-refractivity contribution is 5.59. The third-order valence-electron chi connectivity index (χ3n) is 5.48. The van der Waals surface area contributed by atoms with Crippen molar-refractivity contribution in [1.29, 1.82) is 0 Å². The van der Waals surface area contributed by atoms with Crippen molar-refractivity contribution in [3.63, 3.8) is 0 Å². The SMILES string of the molecule is c1cncc(CC2(Cc3cccnc3)c3ccccc3Oc3ccccc32)c1. The molecule has 0 radical (unpaired) electrons. The number of ether oxygens (including phenoxy) is 1. The van der Waals surface area contributed by atoms with E-state index in [1.807, 2.05) is 49.1 Å². The normalized spacial score (nSPS) is 13.9. The second kappa shape index (κ2) is 6.93. The molecule has 0 atom stereocenters. The minimum Gasteiger partial charge on any atom is -0.457 e. The molecule has 3 heteroatoms. The smallest absolute Gasteiger partial charge is 0.131 e. The Bertz CT molecular complexity index is 1000. The van der Waals surface area contributed by atoms with Crippen molar-refractivity contribution in [2.24, 2.45) is 0 Å². The lowest BCUT2D eigenvalue weighted by Gasteiger charge is -2.40. The zero-order valence-electron chi connectivity index (χ0n) is 15.5. The summed E-state index contributed by atoms with van der Waals surface area (Å²) in [6, 6.07) is 25.1. The van der Waals surface area contributed by atoms with Crippen LogP contribution < -0.4 is 4.74 Å². The highest BCUT2D eigenvalue weighted by Crippen LogP contribution is 2.51. The molecule has 2 aromatic heterocycles. The number of pyridine rings is 2. The van der Waals surface area contributed by atoms with Crippen LogP contribution in [-0.4, -0.2) is 9.97 Å². The molecule has 1 aliphatic rings. The van der Waals surface area contributed by atoms with E-state index in [4.69, 9.17) is 4.74 Å². The summed E-state index contributed by atoms with van der Waals surface area (Å²) in [6.07, 6.45) is 9.25. The molecule has 3 nitrogen and oxygen atoms in total. The van der Waals surface area contributed by atoms with Gasteiger partial charge in [-0.3, -0.25) is 9.97 Å². The summed E-state index contributed by atoms with van der Waals surface area (Å²) < 4.78 is 6.28. The molecule has 4 aromatic rings. The Kier molecular flexibility index (Phi) is 4.13. The van der Waals surface area contributed by atoms with Gasteiger partial charge in [0.05, 0.1) is 0 Å². The van der Waals surface area contributed by atoms with E-state index in [1.54, 1.807) is 0 Å². The predicted octanol–water partition coefficient (Wildman–Crippen LogP) is 5.35. The van der Waals surface area contributed by atoms with Crippen molar-refractivity contribution < 1.29 is 4.74 Å². The molecule has 5 rings (SSSR count). The maximum Gasteiger partial charge on any atom is 0.131 e. The van der Waals surface area contributed by atoms with Gasteiger partial charge in [-0.05, 0) is 48.2 Å². The van der Waals surface area contributed by atoms with Gasteiger partial charge in [0.1, 0.15) is 11.5 Å². The molecule has 1 aliphatic heterocycles. The lowest BCUT2D eigenvalue weighted by molar-refractivity contribution is 0.385. The maximum atomic E-state index is 6.28. The predicted molar refractivity (Wildman–Crippen MR) is 110 cm³/mol. The second-order valence-electron chi connectivity index (χ2n) is 7.25. The molecule has 0 saturated carbocycles. The van der Waals surface area contributed by atoms with Gasteiger partial charge in [-0.1, -0.05) is 48.5 Å². The molecular weight excluding hydrogens is 344 g/mol. The topological polar surface area (TPSA) is 35.0 Å². The molecule has 0 aliphatic carbocycles. The van der Waals surface area contributed by atoms with Crippen LogP contribution in [0.1, 0.15) is 22.3 Å². The van der Waals surface area contributed by atoms with Crippen LogP contribution in [-0.2, 0) is 18.3 Å². The summed E-state index contributed by atoms with van der Waals surface area (Å²) >= 11 is 0. The Hall–Kier alpha value is -3.46. The molecule has 0 bridgehead atoms. The Labute approximate surface area is 164 Å². The minimum absolute atomic E-state index is 0.252. The number of aromatic nitrogens is 2. The first-order chi connectivity index (χ1) is 13.9. The van der Waals surface area contributed by atoms with Crippen molar-refractivity contribution in [3.05, 3.63) is 120 Å². The van der Waals surface area contributed by atoms with Crippen LogP contribution in [0.5, 0.6) is 11.5 Å². The fourth-order valence-electron chi connectivity index (χ4n) is 4.31. The van der Waals surface area contributed by atoms with E-state index >= 15 is 0 Å². The molecule has 2 aromatic carbocycles. The Morgan fingerprint density at radius 1 is 0.607 bits per heavy atom. The van der Waals surface area contributed by atoms with Gasteiger partial charge in [0.25, 0.3) is 0 Å². The third kappa shape index (κ3) is 2.85. The van der Waals surface area contributed by atoms with Crippen molar-refractivity contribution in [2.75, 3.05) is 0 Å². The molecule has 3 heterocycles. The molecule has 28 heavy (non-hydrogen) atoms. The van der Waals surface area contributed by atoms with Gasteiger partial charge < -0.3 is 4.74 Å². The lowest BCUT2D eigenvalue weighted by Crippen LogP contribution is -2.36. The number of nitrogens with zero attached hydrogens (tertiary/aromatic N) is 2. The Balaban J connectivity index is 1.75. The number of para-hydroxylation sites is 2. The standard InChI is InChI=1S/C25H20N2O/c1-3-11-23-21(9-1)25(15-19-7-5-13-26-17-19,16-20-8-6-14-27-18-20)22-10-2-4-12-24(22)28-23/h1-14,17-18H,15-16H2. The van der Waals surface area contributed by atoms with E-state index in [-0.39, 0.29) is 5.41 Å². The van der Waals surface area contributed by atoms with Crippen LogP contribution in [0.2, 0.25) is 0 Å². The van der Waals surface area contributed by atoms with Crippen LogP contribution in [0.3, 0.4) is 0 Å². The largest absolute Gasteiger partial charge is 0.457 e. The fourth-order valence-corrected chi connectivity index (χ4v) is 4.31. The number of hydrogen-bond donors (Lipinski definition) is 0. The molecule has 0 fully saturated rings. The number of fused-ring (bicyclic) bond motifs is 2. The summed E-state index contributed by atoms with van der Waals surface area (Å²) in [4.78, 5) is 8.71. The summed E-state index contributed by atoms with van der Waals surface area (Å²) in [7, 11) is 0. The molecule has 0 unspecified atom stereocenters. The highest BCUT2D eigenvalue weighted by Gasteiger charge is 2.42. The quantitative estimate of drug-likeness (QED) is 0.489. The number of hydrogen-bond acceptors (Lipinski definition) is 3. The Morgan fingerprint density at radius 2 is 1.11 bits per heavy atom. The van der Waals surface area contributed by atoms with Crippen LogP contribution in [0.25, 0.3) is 0 Å². The first-order valence-corrected chi connectivity index (χ1v) is 9.50. The molecule has 0 spiro atoms. The summed E-state index contributed by atoms with van der Waals surface area (Å²) in [5.74, 6) is 1.85. The van der Waals surface area contributed by atoms with E-state index in [0.717, 1.165) is 24.3 Å². The van der Waals surface area contributed by atoms with Gasteiger partial charge in [0.15, 0.2) is 0 Å². The van der Waals surface area contributed by atoms with Crippen molar-refractivity contribution in [2.45, 2.75) is 18.3 Å². The first-order valence-electron chi connectivity index (χ1n) is 9.50. The molecule has 0 N–H and O–H groups in total. The zero-order valence-corrected chi connectivity index (χ0v) is 15.5. The minimum atomic E-state index is -0.252. The van der Waals surface area contributed by atoms with Crippen LogP contribution in [0.4, 0.5) is 0 Å². The number of benzene rings is 2. The average Bonchev–Trinajstić information content (AvgIpc) is 2.75. The monoisotopic (exact) mass is 364 g/mol. The van der Waals surface area contributed by atoms with Crippen molar-refractivity contribution in [1.82, 2.24) is 9.97 Å². The summed E-state index contributed by atoms with van der Waals surface area (Å²) in [5, 5.41) is 0. The first kappa shape index (κ1) is 16.7. The van der Waals surface area contributed by atoms with E-state index in [0.29, 0.717) is 0 Å². The summed E-state index contributed by atoms with van der Waals surface area (Å²) in [6.45, 7) is 0. The van der Waals surface area contributed by atoms with E-state index < -0.39 is 0 Å². The maximum absolute atomic E-state index is 6.28. The van der Waals surface area contributed by atoms with Crippen LogP contribution in [0, 0.1) is 0 Å². The number of rotatable bonds is 4. The van der Waals surface area contributed by atoms with E-state index in [1.165, 1.54) is 22.3 Å². The van der Waals surface area contributed by atoms with Gasteiger partial charge in [0.2, 0.25) is 0 Å². The van der Waals surface area contributed by atoms with Crippen LogP contribution in [0.15, 0.2) is 97.6 Å². The molecule has 0 saturated heterocycles. The van der Waals surface area contributed by atoms with Gasteiger partial charge in [0, 0.05) is 41.3 Å². The van der Waals surface area contributed by atoms with Crippen molar-refractivity contribution in [3.8, 4) is 11.5 Å². The lowest BCUT2D eigenvalue weighted by atomic mass is 9.65. The molecular formula is C25H20N2O. The van der Waals surface area contributed by atoms with Gasteiger partial charge in [-0.2, -0.15) is 0 Å².